The fraction of sp³-hybridized carbons (Fsp3) is 0.667. The summed E-state index contributed by atoms with van der Waals surface area (Å²) >= 11 is 0. The number of anilines is 1. The molecule has 2 unspecified atom stereocenters. The molecule has 0 aliphatic heterocycles. The number of hydrogen-bond acceptors (Lipinski definition) is 2. The molecule has 0 saturated heterocycles. The van der Waals surface area contributed by atoms with Crippen LogP contribution in [-0.2, 0) is 6.54 Å². The second-order valence-corrected chi connectivity index (χ2v) is 6.87. The van der Waals surface area contributed by atoms with Crippen LogP contribution >= 0.6 is 0 Å². The molecule has 0 amide bonds. The molecule has 1 aromatic carbocycles. The monoisotopic (exact) mass is 290 g/mol. The summed E-state index contributed by atoms with van der Waals surface area (Å²) in [4.78, 5) is 2.40. The third-order valence-electron chi connectivity index (χ3n) is 5.14. The Balaban J connectivity index is 1.78. The molecule has 0 aromatic heterocycles. The van der Waals surface area contributed by atoms with E-state index < -0.39 is 0 Å². The zero-order chi connectivity index (χ0) is 14.8. The molecule has 1 aromatic rings. The van der Waals surface area contributed by atoms with E-state index in [1.165, 1.54) is 44.2 Å². The maximum Gasteiger partial charge on any atom is 0.123 e. The molecule has 2 saturated carbocycles. The normalized spacial score (nSPS) is 25.9. The molecule has 2 aliphatic rings. The number of hydrogen-bond donors (Lipinski definition) is 1. The van der Waals surface area contributed by atoms with Crippen molar-refractivity contribution in [3.63, 3.8) is 0 Å². The summed E-state index contributed by atoms with van der Waals surface area (Å²) < 4.78 is 13.6. The van der Waals surface area contributed by atoms with Crippen LogP contribution in [-0.4, -0.2) is 19.1 Å². The van der Waals surface area contributed by atoms with Gasteiger partial charge in [0.15, 0.2) is 0 Å². The fourth-order valence-electron chi connectivity index (χ4n) is 3.63. The van der Waals surface area contributed by atoms with Gasteiger partial charge in [0.05, 0.1) is 0 Å². The van der Waals surface area contributed by atoms with Crippen LogP contribution < -0.4 is 10.2 Å². The summed E-state index contributed by atoms with van der Waals surface area (Å²) in [5.41, 5.74) is 2.30. The van der Waals surface area contributed by atoms with E-state index in [1.807, 2.05) is 6.07 Å². The summed E-state index contributed by atoms with van der Waals surface area (Å²) in [6.45, 7) is 3.13. The predicted molar refractivity (Wildman–Crippen MR) is 86.1 cm³/mol. The number of benzene rings is 1. The van der Waals surface area contributed by atoms with Crippen LogP contribution in [0.4, 0.5) is 10.1 Å². The minimum absolute atomic E-state index is 0.128. The Morgan fingerprint density at radius 2 is 1.95 bits per heavy atom. The van der Waals surface area contributed by atoms with Crippen molar-refractivity contribution < 1.29 is 4.39 Å². The minimum atomic E-state index is -0.128. The van der Waals surface area contributed by atoms with E-state index in [2.05, 4.69) is 24.2 Å². The lowest BCUT2D eigenvalue weighted by atomic mass is 9.84. The summed E-state index contributed by atoms with van der Waals surface area (Å²) in [6.07, 6.45) is 7.76. The van der Waals surface area contributed by atoms with Crippen LogP contribution in [0.5, 0.6) is 0 Å². The molecule has 2 fully saturated rings. The second-order valence-electron chi connectivity index (χ2n) is 6.87. The summed E-state index contributed by atoms with van der Waals surface area (Å²) in [5, 5.41) is 3.52. The Labute approximate surface area is 127 Å². The van der Waals surface area contributed by atoms with Gasteiger partial charge in [0.1, 0.15) is 5.82 Å². The molecule has 2 aliphatic carbocycles. The molecule has 3 rings (SSSR count). The number of nitrogens with one attached hydrogen (secondary N) is 1. The molecular formula is C18H27FN2. The van der Waals surface area contributed by atoms with Gasteiger partial charge in [-0.2, -0.15) is 0 Å². The van der Waals surface area contributed by atoms with Gasteiger partial charge in [0.2, 0.25) is 0 Å². The van der Waals surface area contributed by atoms with Gasteiger partial charge >= 0.3 is 0 Å². The Kier molecular flexibility index (Phi) is 4.48. The Hall–Kier alpha value is -1.09. The first-order chi connectivity index (χ1) is 10.1. The number of rotatable bonds is 5. The molecule has 0 radical (unpaired) electrons. The molecule has 2 nitrogen and oxygen atoms in total. The molecule has 0 bridgehead atoms. The third-order valence-corrected chi connectivity index (χ3v) is 5.14. The highest BCUT2D eigenvalue weighted by molar-refractivity contribution is 5.54. The average molecular weight is 290 g/mol. The molecule has 21 heavy (non-hydrogen) atoms. The fourth-order valence-corrected chi connectivity index (χ4v) is 3.63. The molecule has 2 atom stereocenters. The lowest BCUT2D eigenvalue weighted by molar-refractivity contribution is 0.321. The molecule has 3 heteroatoms. The molecule has 1 N–H and O–H groups in total. The number of nitrogens with zero attached hydrogens (tertiary/aromatic N) is 1. The van der Waals surface area contributed by atoms with Crippen molar-refractivity contribution >= 4 is 5.69 Å². The quantitative estimate of drug-likeness (QED) is 0.878. The molecule has 0 heterocycles. The van der Waals surface area contributed by atoms with Crippen molar-refractivity contribution in [3.8, 4) is 0 Å². The standard InChI is InChI=1S/C18H27FN2/c1-13-5-3-4-6-17(13)21(2)18-10-7-15(19)11-14(18)12-20-16-8-9-16/h7,10-11,13,16-17,20H,3-6,8-9,12H2,1-2H3. The number of halogens is 1. The van der Waals surface area contributed by atoms with Crippen LogP contribution in [0.15, 0.2) is 18.2 Å². The summed E-state index contributed by atoms with van der Waals surface area (Å²) in [7, 11) is 2.18. The van der Waals surface area contributed by atoms with Gasteiger partial charge in [-0.25, -0.2) is 4.39 Å². The van der Waals surface area contributed by atoms with Gasteiger partial charge in [-0.05, 0) is 55.4 Å². The van der Waals surface area contributed by atoms with Gasteiger partial charge < -0.3 is 10.2 Å². The van der Waals surface area contributed by atoms with E-state index >= 15 is 0 Å². The molecular weight excluding hydrogens is 263 g/mol. The van der Waals surface area contributed by atoms with Crippen LogP contribution in [0.25, 0.3) is 0 Å². The van der Waals surface area contributed by atoms with Crippen molar-refractivity contribution in [2.45, 2.75) is 64.1 Å². The third kappa shape index (κ3) is 3.57. The Morgan fingerprint density at radius 1 is 1.19 bits per heavy atom. The first-order valence-corrected chi connectivity index (χ1v) is 8.40. The maximum atomic E-state index is 13.6. The highest BCUT2D eigenvalue weighted by Gasteiger charge is 2.27. The lowest BCUT2D eigenvalue weighted by Crippen LogP contribution is -2.39. The van der Waals surface area contributed by atoms with E-state index in [-0.39, 0.29) is 5.82 Å². The topological polar surface area (TPSA) is 15.3 Å². The van der Waals surface area contributed by atoms with E-state index in [0.717, 1.165) is 18.0 Å². The van der Waals surface area contributed by atoms with Crippen LogP contribution in [0, 0.1) is 11.7 Å². The van der Waals surface area contributed by atoms with Gasteiger partial charge in [-0.15, -0.1) is 0 Å². The average Bonchev–Trinajstić information content (AvgIpc) is 3.29. The maximum absolute atomic E-state index is 13.6. The van der Waals surface area contributed by atoms with Gasteiger partial charge in [0, 0.05) is 31.4 Å². The Bertz CT molecular complexity index is 484. The Morgan fingerprint density at radius 3 is 2.67 bits per heavy atom. The van der Waals surface area contributed by atoms with Crippen molar-refractivity contribution in [1.29, 1.82) is 0 Å². The highest BCUT2D eigenvalue weighted by Crippen LogP contribution is 2.32. The van der Waals surface area contributed by atoms with Gasteiger partial charge in [-0.1, -0.05) is 19.8 Å². The zero-order valence-corrected chi connectivity index (χ0v) is 13.2. The minimum Gasteiger partial charge on any atom is -0.371 e. The zero-order valence-electron chi connectivity index (χ0n) is 13.2. The predicted octanol–water partition coefficient (Wildman–Crippen LogP) is 4.09. The molecule has 0 spiro atoms. The van der Waals surface area contributed by atoms with Crippen LogP contribution in [0.1, 0.15) is 51.0 Å². The van der Waals surface area contributed by atoms with Crippen molar-refractivity contribution in [3.05, 3.63) is 29.6 Å². The lowest BCUT2D eigenvalue weighted by Gasteiger charge is -2.38. The van der Waals surface area contributed by atoms with Crippen molar-refractivity contribution in [1.82, 2.24) is 5.32 Å². The second kappa shape index (κ2) is 6.35. The smallest absolute Gasteiger partial charge is 0.123 e. The van der Waals surface area contributed by atoms with E-state index in [1.54, 1.807) is 12.1 Å². The summed E-state index contributed by atoms with van der Waals surface area (Å²) in [5.74, 6) is 0.592. The SMILES string of the molecule is CC1CCCCC1N(C)c1ccc(F)cc1CNC1CC1. The van der Waals surface area contributed by atoms with Crippen LogP contribution in [0.2, 0.25) is 0 Å². The first kappa shape index (κ1) is 14.8. The van der Waals surface area contributed by atoms with Gasteiger partial charge in [-0.3, -0.25) is 0 Å². The summed E-state index contributed by atoms with van der Waals surface area (Å²) in [6, 6.07) is 6.50. The largest absolute Gasteiger partial charge is 0.371 e. The van der Waals surface area contributed by atoms with E-state index in [0.29, 0.717) is 12.1 Å². The molecule has 116 valence electrons. The van der Waals surface area contributed by atoms with Gasteiger partial charge in [0.25, 0.3) is 0 Å². The first-order valence-electron chi connectivity index (χ1n) is 8.40. The van der Waals surface area contributed by atoms with Crippen LogP contribution in [0.3, 0.4) is 0 Å². The van der Waals surface area contributed by atoms with Crippen molar-refractivity contribution in [2.24, 2.45) is 5.92 Å². The highest BCUT2D eigenvalue weighted by atomic mass is 19.1. The van der Waals surface area contributed by atoms with E-state index in [4.69, 9.17) is 0 Å². The van der Waals surface area contributed by atoms with E-state index in [9.17, 15) is 4.39 Å². The van der Waals surface area contributed by atoms with Crippen molar-refractivity contribution in [2.75, 3.05) is 11.9 Å².